The number of Topliss-reactive ketones (excluding diaryl/α,β-unsaturated/α-hetero) is 1. The minimum Gasteiger partial charge on any atom is -0.481 e. The number of hydrogen-bond acceptors (Lipinski definition) is 2. The van der Waals surface area contributed by atoms with Crippen LogP contribution in [-0.4, -0.2) is 16.9 Å². The van der Waals surface area contributed by atoms with Crippen LogP contribution < -0.4 is 0 Å². The van der Waals surface area contributed by atoms with Crippen LogP contribution in [0.3, 0.4) is 0 Å². The number of aliphatic carboxylic acids is 1. The van der Waals surface area contributed by atoms with Gasteiger partial charge in [0.05, 0.1) is 5.41 Å². The summed E-state index contributed by atoms with van der Waals surface area (Å²) >= 11 is 0. The fourth-order valence-electron chi connectivity index (χ4n) is 1.40. The molecule has 1 N–H and O–H groups in total. The van der Waals surface area contributed by atoms with E-state index in [0.29, 0.717) is 11.1 Å². The second-order valence-corrected chi connectivity index (χ2v) is 4.75. The first-order valence-corrected chi connectivity index (χ1v) is 5.27. The quantitative estimate of drug-likeness (QED) is 0.820. The van der Waals surface area contributed by atoms with E-state index in [1.807, 2.05) is 0 Å². The molecule has 17 heavy (non-hydrogen) atoms. The monoisotopic (exact) mass is 238 g/mol. The summed E-state index contributed by atoms with van der Waals surface area (Å²) in [7, 11) is 0. The normalized spacial score (nSPS) is 11.3. The maximum Gasteiger partial charge on any atom is 0.309 e. The zero-order valence-electron chi connectivity index (χ0n) is 10.1. The molecule has 0 aliphatic rings. The maximum absolute atomic E-state index is 13.0. The highest BCUT2D eigenvalue weighted by molar-refractivity contribution is 5.98. The highest BCUT2D eigenvalue weighted by atomic mass is 19.1. The molecule has 1 rings (SSSR count). The van der Waals surface area contributed by atoms with Crippen LogP contribution in [0.15, 0.2) is 18.2 Å². The Kier molecular flexibility index (Phi) is 3.66. The highest BCUT2D eigenvalue weighted by Crippen LogP contribution is 2.23. The van der Waals surface area contributed by atoms with Gasteiger partial charge in [-0.1, -0.05) is 0 Å². The van der Waals surface area contributed by atoms with Crippen LogP contribution in [0.25, 0.3) is 0 Å². The summed E-state index contributed by atoms with van der Waals surface area (Å²) in [6, 6.07) is 4.04. The molecule has 0 saturated carbocycles. The van der Waals surface area contributed by atoms with E-state index in [1.54, 1.807) is 6.92 Å². The van der Waals surface area contributed by atoms with Gasteiger partial charge in [0.2, 0.25) is 0 Å². The van der Waals surface area contributed by atoms with Gasteiger partial charge < -0.3 is 5.11 Å². The van der Waals surface area contributed by atoms with Crippen molar-refractivity contribution < 1.29 is 19.1 Å². The van der Waals surface area contributed by atoms with Crippen LogP contribution in [0, 0.1) is 18.2 Å². The zero-order chi connectivity index (χ0) is 13.2. The molecule has 0 fully saturated rings. The number of benzene rings is 1. The Balaban J connectivity index is 2.91. The first-order chi connectivity index (χ1) is 7.74. The Bertz CT molecular complexity index is 464. The van der Waals surface area contributed by atoms with E-state index in [1.165, 1.54) is 32.0 Å². The first kappa shape index (κ1) is 13.4. The summed E-state index contributed by atoms with van der Waals surface area (Å²) in [6.45, 7) is 4.54. The summed E-state index contributed by atoms with van der Waals surface area (Å²) < 4.78 is 13.0. The van der Waals surface area contributed by atoms with Gasteiger partial charge in [-0.25, -0.2) is 4.39 Å². The molecule has 0 spiro atoms. The highest BCUT2D eigenvalue weighted by Gasteiger charge is 2.30. The molecule has 0 bridgehead atoms. The van der Waals surface area contributed by atoms with Crippen molar-refractivity contribution in [3.05, 3.63) is 35.1 Å². The lowest BCUT2D eigenvalue weighted by molar-refractivity contribution is -0.146. The fraction of sp³-hybridized carbons (Fsp3) is 0.385. The van der Waals surface area contributed by atoms with Crippen molar-refractivity contribution in [3.63, 3.8) is 0 Å². The van der Waals surface area contributed by atoms with E-state index in [2.05, 4.69) is 0 Å². The molecule has 92 valence electrons. The summed E-state index contributed by atoms with van der Waals surface area (Å²) in [6.07, 6.45) is -0.104. The molecular formula is C13H15FO3. The second kappa shape index (κ2) is 4.65. The topological polar surface area (TPSA) is 54.4 Å². The van der Waals surface area contributed by atoms with Crippen LogP contribution in [0.2, 0.25) is 0 Å². The lowest BCUT2D eigenvalue weighted by Crippen LogP contribution is -2.27. The molecule has 0 aliphatic carbocycles. The van der Waals surface area contributed by atoms with Gasteiger partial charge in [-0.3, -0.25) is 9.59 Å². The summed E-state index contributed by atoms with van der Waals surface area (Å²) in [4.78, 5) is 22.7. The Morgan fingerprint density at radius 2 is 1.94 bits per heavy atom. The Labute approximate surface area is 99.3 Å². The van der Waals surface area contributed by atoms with Crippen molar-refractivity contribution in [2.75, 3.05) is 0 Å². The number of ketones is 1. The number of carbonyl (C=O) groups excluding carboxylic acids is 1. The van der Waals surface area contributed by atoms with Crippen molar-refractivity contribution >= 4 is 11.8 Å². The Hall–Kier alpha value is -1.71. The largest absolute Gasteiger partial charge is 0.481 e. The molecular weight excluding hydrogens is 223 g/mol. The molecule has 0 atom stereocenters. The van der Waals surface area contributed by atoms with Crippen molar-refractivity contribution in [1.29, 1.82) is 0 Å². The Morgan fingerprint density at radius 1 is 1.35 bits per heavy atom. The lowest BCUT2D eigenvalue weighted by atomic mass is 9.85. The van der Waals surface area contributed by atoms with Crippen LogP contribution in [0.5, 0.6) is 0 Å². The van der Waals surface area contributed by atoms with Crippen LogP contribution >= 0.6 is 0 Å². The standard InChI is InChI=1S/C13H15FO3/c1-8-6-9(4-5-10(8)14)11(15)7-13(2,3)12(16)17/h4-6H,7H2,1-3H3,(H,16,17). The van der Waals surface area contributed by atoms with Crippen molar-refractivity contribution in [3.8, 4) is 0 Å². The summed E-state index contributed by atoms with van der Waals surface area (Å²) in [5.74, 6) is -1.69. The third-order valence-electron chi connectivity index (χ3n) is 2.66. The van der Waals surface area contributed by atoms with E-state index in [-0.39, 0.29) is 18.0 Å². The number of aryl methyl sites for hydroxylation is 1. The van der Waals surface area contributed by atoms with E-state index >= 15 is 0 Å². The number of rotatable bonds is 4. The maximum atomic E-state index is 13.0. The average molecular weight is 238 g/mol. The van der Waals surface area contributed by atoms with Crippen LogP contribution in [0.4, 0.5) is 4.39 Å². The van der Waals surface area contributed by atoms with E-state index in [0.717, 1.165) is 0 Å². The average Bonchev–Trinajstić information content (AvgIpc) is 2.21. The van der Waals surface area contributed by atoms with Crippen molar-refractivity contribution in [1.82, 2.24) is 0 Å². The predicted molar refractivity (Wildman–Crippen MR) is 61.5 cm³/mol. The van der Waals surface area contributed by atoms with Crippen LogP contribution in [0.1, 0.15) is 36.2 Å². The van der Waals surface area contributed by atoms with Gasteiger partial charge in [0, 0.05) is 12.0 Å². The lowest BCUT2D eigenvalue weighted by Gasteiger charge is -2.17. The second-order valence-electron chi connectivity index (χ2n) is 4.75. The minimum absolute atomic E-state index is 0.104. The third kappa shape index (κ3) is 3.12. The van der Waals surface area contributed by atoms with E-state index < -0.39 is 11.4 Å². The summed E-state index contributed by atoms with van der Waals surface area (Å²) in [5, 5.41) is 8.92. The van der Waals surface area contributed by atoms with Gasteiger partial charge in [0.15, 0.2) is 5.78 Å². The van der Waals surface area contributed by atoms with Gasteiger partial charge >= 0.3 is 5.97 Å². The molecule has 0 saturated heterocycles. The third-order valence-corrected chi connectivity index (χ3v) is 2.66. The van der Waals surface area contributed by atoms with Crippen LogP contribution in [-0.2, 0) is 4.79 Å². The molecule has 0 radical (unpaired) electrons. The number of carboxylic acids is 1. The van der Waals surface area contributed by atoms with Crippen molar-refractivity contribution in [2.45, 2.75) is 27.2 Å². The van der Waals surface area contributed by atoms with Gasteiger partial charge in [-0.05, 0) is 44.5 Å². The molecule has 1 aromatic rings. The number of carboxylic acid groups (broad SMARTS) is 1. The zero-order valence-corrected chi connectivity index (χ0v) is 10.1. The molecule has 0 aliphatic heterocycles. The molecule has 4 heteroatoms. The fourth-order valence-corrected chi connectivity index (χ4v) is 1.40. The first-order valence-electron chi connectivity index (χ1n) is 5.27. The van der Waals surface area contributed by atoms with E-state index in [4.69, 9.17) is 5.11 Å². The summed E-state index contributed by atoms with van der Waals surface area (Å²) in [5.41, 5.74) is -0.387. The molecule has 0 aromatic heterocycles. The Morgan fingerprint density at radius 3 is 2.41 bits per heavy atom. The van der Waals surface area contributed by atoms with Gasteiger partial charge in [0.25, 0.3) is 0 Å². The number of hydrogen-bond donors (Lipinski definition) is 1. The number of halogens is 1. The van der Waals surface area contributed by atoms with Gasteiger partial charge in [-0.15, -0.1) is 0 Å². The molecule has 1 aromatic carbocycles. The molecule has 3 nitrogen and oxygen atoms in total. The van der Waals surface area contributed by atoms with Gasteiger partial charge in [0.1, 0.15) is 5.82 Å². The smallest absolute Gasteiger partial charge is 0.309 e. The SMILES string of the molecule is Cc1cc(C(=O)CC(C)(C)C(=O)O)ccc1F. The molecule has 0 heterocycles. The predicted octanol–water partition coefficient (Wildman–Crippen LogP) is 2.82. The van der Waals surface area contributed by atoms with Crippen molar-refractivity contribution in [2.24, 2.45) is 5.41 Å². The minimum atomic E-state index is -1.11. The van der Waals surface area contributed by atoms with Gasteiger partial charge in [-0.2, -0.15) is 0 Å². The number of carbonyl (C=O) groups is 2. The molecule has 0 amide bonds. The van der Waals surface area contributed by atoms with E-state index in [9.17, 15) is 14.0 Å². The molecule has 0 unspecified atom stereocenters.